The summed E-state index contributed by atoms with van der Waals surface area (Å²) in [5.74, 6) is -5.75. The molecule has 0 unspecified atom stereocenters. The van der Waals surface area contributed by atoms with Gasteiger partial charge < -0.3 is 44.8 Å². The summed E-state index contributed by atoms with van der Waals surface area (Å²) in [6.45, 7) is 7.71. The molecule has 5 saturated heterocycles. The lowest BCUT2D eigenvalue weighted by Crippen LogP contribution is -2.49. The molecule has 6 aromatic rings. The van der Waals surface area contributed by atoms with Crippen LogP contribution >= 0.6 is 0 Å². The number of halogens is 3. The fourth-order valence-electron chi connectivity index (χ4n) is 15.9. The number of aryl methyl sites for hydroxylation is 1. The van der Waals surface area contributed by atoms with Gasteiger partial charge >= 0.3 is 5.97 Å². The number of aromatic amines is 1. The van der Waals surface area contributed by atoms with Gasteiger partial charge in [-0.05, 0) is 113 Å². The van der Waals surface area contributed by atoms with Gasteiger partial charge in [0, 0.05) is 155 Å². The number of hydrogen-bond donors (Lipinski definition) is 3. The summed E-state index contributed by atoms with van der Waals surface area (Å²) in [7, 11) is 4.48. The molecule has 2 aliphatic carbocycles. The lowest BCUT2D eigenvalue weighted by molar-refractivity contribution is -0.144. The Morgan fingerprint density at radius 1 is 0.760 bits per heavy atom. The minimum atomic E-state index is -2.75. The van der Waals surface area contributed by atoms with Crippen molar-refractivity contribution < 1.29 is 56.3 Å². The highest BCUT2D eigenvalue weighted by molar-refractivity contribution is 6.04. The third-order valence-corrected chi connectivity index (χ3v) is 22.1. The number of rotatable bonds is 18. The molecule has 0 spiro atoms. The molecular weight excluding hydrogens is 1240 g/mol. The summed E-state index contributed by atoms with van der Waals surface area (Å²) < 4.78 is 54.7. The number of aromatic nitrogens is 8. The van der Waals surface area contributed by atoms with Crippen LogP contribution < -0.4 is 10.6 Å². The van der Waals surface area contributed by atoms with Crippen LogP contribution in [0.25, 0.3) is 32.9 Å². The van der Waals surface area contributed by atoms with Crippen LogP contribution in [-0.2, 0) is 64.7 Å². The number of hydrogen-bond acceptors (Lipinski definition) is 14. The second kappa shape index (κ2) is 27.1. The number of ether oxygens (including phenoxy) is 1. The molecule has 96 heavy (non-hydrogen) atoms. The smallest absolute Gasteiger partial charge is 0.325 e. The first-order valence-electron chi connectivity index (χ1n) is 34.0. The molecule has 1 saturated carbocycles. The van der Waals surface area contributed by atoms with E-state index in [9.17, 15) is 47.1 Å². The molecule has 7 aliphatic rings. The van der Waals surface area contributed by atoms with Crippen LogP contribution in [0.15, 0.2) is 48.9 Å². The number of carbonyl (C=O) groups excluding carboxylic acids is 8. The second-order valence-corrected chi connectivity index (χ2v) is 27.9. The number of alkyl halides is 2. The summed E-state index contributed by atoms with van der Waals surface area (Å²) >= 11 is 0. The van der Waals surface area contributed by atoms with Crippen molar-refractivity contribution in [2.24, 2.45) is 36.1 Å². The van der Waals surface area contributed by atoms with E-state index in [1.165, 1.54) is 25.1 Å². The third-order valence-electron chi connectivity index (χ3n) is 22.1. The number of esters is 1. The fraction of sp³-hybridized carbons (Fsp3) is 0.588. The number of piperidine rings is 5. The lowest BCUT2D eigenvalue weighted by atomic mass is 9.87. The van der Waals surface area contributed by atoms with Crippen molar-refractivity contribution in [1.29, 1.82) is 0 Å². The van der Waals surface area contributed by atoms with Crippen molar-refractivity contribution in [2.75, 3.05) is 105 Å². The first-order chi connectivity index (χ1) is 46.1. The van der Waals surface area contributed by atoms with E-state index in [2.05, 4.69) is 40.7 Å². The van der Waals surface area contributed by atoms with Crippen LogP contribution in [0.5, 0.6) is 0 Å². The maximum absolute atomic E-state index is 16.1. The summed E-state index contributed by atoms with van der Waals surface area (Å²) in [6, 6.07) is 8.71. The van der Waals surface area contributed by atoms with Gasteiger partial charge in [0.1, 0.15) is 18.9 Å². The number of likely N-dealkylation sites (N-methyl/N-ethyl adjacent to an activating group) is 1. The standard InChI is InChI=1S/C68H85F3N16O9/c1-67-33-52-50(32-55(67)68(67,70)71)63(77-76-52)64(93)75-46-35-74-86(38-46)47-18-28-85(29-19-47)66(95)44-16-26-84(27-17-44)65(94)43-12-20-81(21-13-43)37-41-10-22-82(23-11-41)57(89)8-9-58(90)83-24-14-42(15-25-83)62-61-48(49-31-54-45(30-51(49)69)34-73-80(54)3)6-5-7-53(61)87(78-62)40-59(91)79(2)39-56(88)72-36-60(92)96-4/h5-7,30-31,34-35,38,41-44,47,55H,8-29,32-33,36-37,39-40H2,1-4H3,(H,72,88)(H,75,93)(H,76,77)/t55-,67+/m1/s1. The first-order valence-corrected chi connectivity index (χ1v) is 34.0. The Bertz CT molecular complexity index is 3970. The number of amides is 7. The van der Waals surface area contributed by atoms with Crippen LogP contribution in [0.2, 0.25) is 0 Å². The van der Waals surface area contributed by atoms with Gasteiger partial charge in [-0.25, -0.2) is 13.2 Å². The molecule has 0 bridgehead atoms. The Kier molecular flexibility index (Phi) is 18.6. The van der Waals surface area contributed by atoms with E-state index in [0.717, 1.165) is 50.8 Å². The Labute approximate surface area is 553 Å². The molecule has 5 aliphatic heterocycles. The van der Waals surface area contributed by atoms with Crippen LogP contribution in [0.4, 0.5) is 18.9 Å². The van der Waals surface area contributed by atoms with Gasteiger partial charge in [-0.3, -0.25) is 57.5 Å². The molecule has 6 fully saturated rings. The van der Waals surface area contributed by atoms with Gasteiger partial charge in [0.15, 0.2) is 5.69 Å². The van der Waals surface area contributed by atoms with Gasteiger partial charge in [0.2, 0.25) is 35.4 Å². The Morgan fingerprint density at radius 3 is 2.06 bits per heavy atom. The van der Waals surface area contributed by atoms with Gasteiger partial charge in [0.05, 0.1) is 54.5 Å². The van der Waals surface area contributed by atoms with Crippen LogP contribution in [-0.4, -0.2) is 221 Å². The van der Waals surface area contributed by atoms with Gasteiger partial charge in [-0.1, -0.05) is 19.1 Å². The molecule has 13 rings (SSSR count). The number of fused-ring (bicyclic) bond motifs is 4. The van der Waals surface area contributed by atoms with Crippen molar-refractivity contribution in [1.82, 2.24) is 74.3 Å². The SMILES string of the molecule is COC(=O)CNC(=O)CN(C)C(=O)Cn1nc(C2CCN(C(=O)CCC(=O)N3CCC(CN4CCC(C(=O)N5CCC(C(=O)N6CCC(n7cc(NC(=O)c8n[nH]c9c8C[C@H]8C(F)(F)[C@@]8(C)C9)cn7)CC6)CC5)CC4)CC3)CC2)c2c(-c3cc4c(cnn4C)cc3F)cccc21. The number of anilines is 1. The monoisotopic (exact) mass is 1330 g/mol. The minimum absolute atomic E-state index is 0.0294. The van der Waals surface area contributed by atoms with Crippen molar-refractivity contribution in [3.8, 4) is 11.1 Å². The normalized spacial score (nSPS) is 21.5. The van der Waals surface area contributed by atoms with E-state index in [-0.39, 0.29) is 98.4 Å². The summed E-state index contributed by atoms with van der Waals surface area (Å²) in [5.41, 5.74) is 3.63. The molecule has 512 valence electrons. The zero-order valence-electron chi connectivity index (χ0n) is 55.0. The molecule has 9 heterocycles. The fourth-order valence-corrected chi connectivity index (χ4v) is 15.9. The Morgan fingerprint density at radius 2 is 1.40 bits per heavy atom. The van der Waals surface area contributed by atoms with Gasteiger partial charge in [0.25, 0.3) is 11.8 Å². The number of benzene rings is 2. The second-order valence-electron chi connectivity index (χ2n) is 27.9. The van der Waals surface area contributed by atoms with Crippen molar-refractivity contribution in [3.05, 3.63) is 77.4 Å². The Hall–Kier alpha value is -8.69. The highest BCUT2D eigenvalue weighted by atomic mass is 19.3. The highest BCUT2D eigenvalue weighted by Gasteiger charge is 2.78. The number of methoxy groups -OCH3 is 1. The van der Waals surface area contributed by atoms with E-state index in [1.807, 2.05) is 31.5 Å². The maximum atomic E-state index is 16.1. The predicted octanol–water partition coefficient (Wildman–Crippen LogP) is 5.56. The zero-order valence-corrected chi connectivity index (χ0v) is 55.0. The number of nitrogens with one attached hydrogen (secondary N) is 3. The molecule has 3 N–H and O–H groups in total. The highest BCUT2D eigenvalue weighted by Crippen LogP contribution is 2.70. The molecule has 0 radical (unpaired) electrons. The number of nitrogens with zero attached hydrogens (tertiary/aromatic N) is 13. The third kappa shape index (κ3) is 13.2. The molecule has 28 heteroatoms. The number of carbonyl (C=O) groups is 8. The van der Waals surface area contributed by atoms with E-state index in [1.54, 1.807) is 59.0 Å². The zero-order chi connectivity index (χ0) is 67.3. The summed E-state index contributed by atoms with van der Waals surface area (Å²) in [5, 5.41) is 27.5. The van der Waals surface area contributed by atoms with Crippen LogP contribution in [0, 0.1) is 34.9 Å². The predicted molar refractivity (Wildman–Crippen MR) is 345 cm³/mol. The van der Waals surface area contributed by atoms with Crippen molar-refractivity contribution in [3.63, 3.8) is 0 Å². The van der Waals surface area contributed by atoms with E-state index in [0.29, 0.717) is 147 Å². The molecule has 7 amide bonds. The van der Waals surface area contributed by atoms with Crippen LogP contribution in [0.3, 0.4) is 0 Å². The van der Waals surface area contributed by atoms with Crippen LogP contribution in [0.1, 0.15) is 123 Å². The number of likely N-dealkylation sites (tertiary alicyclic amines) is 5. The Balaban J connectivity index is 0.519. The maximum Gasteiger partial charge on any atom is 0.325 e. The first kappa shape index (κ1) is 65.9. The van der Waals surface area contributed by atoms with Gasteiger partial charge in [-0.2, -0.15) is 20.4 Å². The van der Waals surface area contributed by atoms with E-state index in [4.69, 9.17) is 5.10 Å². The number of H-pyrrole nitrogens is 1. The van der Waals surface area contributed by atoms with Gasteiger partial charge in [-0.15, -0.1) is 0 Å². The molecule has 4 aromatic heterocycles. The average Bonchev–Trinajstić information content (AvgIpc) is 1.51. The van der Waals surface area contributed by atoms with Crippen molar-refractivity contribution >= 4 is 74.8 Å². The quantitative estimate of drug-likeness (QED) is 0.0890. The summed E-state index contributed by atoms with van der Waals surface area (Å²) in [6.07, 6.45) is 12.5. The molecule has 25 nitrogen and oxygen atoms in total. The molecular formula is C68H85F3N16O9. The largest absolute Gasteiger partial charge is 0.468 e. The minimum Gasteiger partial charge on any atom is -0.468 e. The topological polar surface area (TPSA) is 271 Å². The summed E-state index contributed by atoms with van der Waals surface area (Å²) in [4.78, 5) is 117. The van der Waals surface area contributed by atoms with E-state index >= 15 is 4.39 Å². The molecule has 2 atom stereocenters. The average molecular weight is 1330 g/mol. The molecule has 2 aromatic carbocycles. The van der Waals surface area contributed by atoms with Crippen molar-refractivity contribution in [2.45, 2.75) is 121 Å². The van der Waals surface area contributed by atoms with E-state index < -0.39 is 46.8 Å². The lowest BCUT2D eigenvalue weighted by Gasteiger charge is -2.40.